The maximum atomic E-state index is 12.2. The van der Waals surface area contributed by atoms with Gasteiger partial charge in [-0.2, -0.15) is 0 Å². The van der Waals surface area contributed by atoms with Gasteiger partial charge in [0.15, 0.2) is 5.96 Å². The van der Waals surface area contributed by atoms with Crippen LogP contribution in [0.2, 0.25) is 0 Å². The molecule has 5 nitrogen and oxygen atoms in total. The van der Waals surface area contributed by atoms with Crippen LogP contribution in [0.25, 0.3) is 0 Å². The van der Waals surface area contributed by atoms with Crippen molar-refractivity contribution in [3.05, 3.63) is 29.3 Å². The molecular weight excluding hydrogens is 252 g/mol. The fourth-order valence-corrected chi connectivity index (χ4v) is 2.24. The van der Waals surface area contributed by atoms with Crippen LogP contribution in [-0.4, -0.2) is 37.0 Å². The molecule has 20 heavy (non-hydrogen) atoms. The van der Waals surface area contributed by atoms with Crippen molar-refractivity contribution in [3.63, 3.8) is 0 Å². The topological polar surface area (TPSA) is 59.4 Å². The van der Waals surface area contributed by atoms with Gasteiger partial charge in [-0.3, -0.25) is 15.6 Å². The van der Waals surface area contributed by atoms with Gasteiger partial charge < -0.3 is 4.90 Å². The molecule has 1 aromatic carbocycles. The number of carbonyl (C=O) groups is 1. The van der Waals surface area contributed by atoms with Gasteiger partial charge in [-0.15, -0.1) is 0 Å². The molecule has 0 spiro atoms. The van der Waals surface area contributed by atoms with E-state index in [0.29, 0.717) is 13.1 Å². The second kappa shape index (κ2) is 6.93. The van der Waals surface area contributed by atoms with E-state index in [1.807, 2.05) is 45.9 Å². The van der Waals surface area contributed by atoms with Crippen molar-refractivity contribution >= 4 is 17.7 Å². The zero-order valence-corrected chi connectivity index (χ0v) is 12.9. The highest BCUT2D eigenvalue weighted by Crippen LogP contribution is 2.23. The highest BCUT2D eigenvalue weighted by molar-refractivity contribution is 6.03. The van der Waals surface area contributed by atoms with Gasteiger partial charge in [0.1, 0.15) is 0 Å². The summed E-state index contributed by atoms with van der Waals surface area (Å²) in [5, 5.41) is 10.5. The minimum Gasteiger partial charge on any atom is -0.343 e. The monoisotopic (exact) mass is 276 g/mol. The Balaban J connectivity index is 2.85. The highest BCUT2D eigenvalue weighted by Gasteiger charge is 2.17. The molecule has 2 amide bonds. The first kappa shape index (κ1) is 16.0. The molecule has 0 fully saturated rings. The molecule has 0 unspecified atom stereocenters. The summed E-state index contributed by atoms with van der Waals surface area (Å²) in [5.74, 6) is 0.137. The number of urea groups is 1. The van der Waals surface area contributed by atoms with Crippen molar-refractivity contribution in [1.82, 2.24) is 10.2 Å². The third-order valence-electron chi connectivity index (χ3n) is 3.38. The number of para-hydroxylation sites is 1. The fraction of sp³-hybridized carbons (Fsp3) is 0.467. The zero-order valence-electron chi connectivity index (χ0n) is 12.9. The van der Waals surface area contributed by atoms with Gasteiger partial charge in [0, 0.05) is 20.1 Å². The molecule has 0 atom stereocenters. The lowest BCUT2D eigenvalue weighted by Crippen LogP contribution is -2.48. The molecule has 0 aromatic heterocycles. The summed E-state index contributed by atoms with van der Waals surface area (Å²) in [7, 11) is 1.72. The molecule has 0 aliphatic carbocycles. The van der Waals surface area contributed by atoms with Crippen molar-refractivity contribution in [2.75, 3.05) is 25.0 Å². The van der Waals surface area contributed by atoms with Gasteiger partial charge in [0.25, 0.3) is 0 Å². The Bertz CT molecular complexity index is 474. The van der Waals surface area contributed by atoms with Crippen LogP contribution in [0, 0.1) is 19.3 Å². The number of anilines is 1. The summed E-state index contributed by atoms with van der Waals surface area (Å²) in [6.45, 7) is 9.26. The van der Waals surface area contributed by atoms with Crippen LogP contribution in [0.15, 0.2) is 18.2 Å². The minimum absolute atomic E-state index is 0.137. The SMILES string of the molecule is CCN(CC)C(=N)NC(=O)N(C)c1c(C)cccc1C. The van der Waals surface area contributed by atoms with Crippen LogP contribution in [0.4, 0.5) is 10.5 Å². The lowest BCUT2D eigenvalue weighted by Gasteiger charge is -2.26. The van der Waals surface area contributed by atoms with Crippen molar-refractivity contribution in [2.45, 2.75) is 27.7 Å². The summed E-state index contributed by atoms with van der Waals surface area (Å²) in [5.41, 5.74) is 2.96. The number of carbonyl (C=O) groups excluding carboxylic acids is 1. The van der Waals surface area contributed by atoms with Gasteiger partial charge in [-0.05, 0) is 38.8 Å². The number of nitrogens with one attached hydrogen (secondary N) is 2. The lowest BCUT2D eigenvalue weighted by atomic mass is 10.1. The number of guanidine groups is 1. The number of amides is 2. The first-order chi connectivity index (χ1) is 9.42. The van der Waals surface area contributed by atoms with Gasteiger partial charge >= 0.3 is 6.03 Å². The predicted molar refractivity (Wildman–Crippen MR) is 83.5 cm³/mol. The van der Waals surface area contributed by atoms with Crippen molar-refractivity contribution < 1.29 is 4.79 Å². The maximum absolute atomic E-state index is 12.2. The Labute approximate surface area is 121 Å². The van der Waals surface area contributed by atoms with E-state index in [1.54, 1.807) is 16.8 Å². The molecule has 0 aliphatic heterocycles. The first-order valence-corrected chi connectivity index (χ1v) is 6.86. The smallest absolute Gasteiger partial charge is 0.328 e. The number of hydrogen-bond acceptors (Lipinski definition) is 2. The Kier molecular flexibility index (Phi) is 5.55. The standard InChI is InChI=1S/C15H24N4O/c1-6-19(7-2)14(16)17-15(20)18(5)13-11(3)9-8-10-12(13)4/h8-10H,6-7H2,1-5H3,(H2,16,17,20). The van der Waals surface area contributed by atoms with Crippen LogP contribution in [0.5, 0.6) is 0 Å². The van der Waals surface area contributed by atoms with E-state index in [1.165, 1.54) is 0 Å². The van der Waals surface area contributed by atoms with E-state index in [4.69, 9.17) is 5.41 Å². The molecule has 110 valence electrons. The number of nitrogens with zero attached hydrogens (tertiary/aromatic N) is 2. The number of hydrogen-bond donors (Lipinski definition) is 2. The maximum Gasteiger partial charge on any atom is 0.328 e. The van der Waals surface area contributed by atoms with Crippen LogP contribution >= 0.6 is 0 Å². The molecule has 5 heteroatoms. The molecule has 0 saturated heterocycles. The van der Waals surface area contributed by atoms with Crippen LogP contribution in [-0.2, 0) is 0 Å². The first-order valence-electron chi connectivity index (χ1n) is 6.86. The number of benzene rings is 1. The Morgan fingerprint density at radius 3 is 2.15 bits per heavy atom. The summed E-state index contributed by atoms with van der Waals surface area (Å²) in [6.07, 6.45) is 0. The summed E-state index contributed by atoms with van der Waals surface area (Å²) >= 11 is 0. The summed E-state index contributed by atoms with van der Waals surface area (Å²) in [4.78, 5) is 15.6. The quantitative estimate of drug-likeness (QED) is 0.658. The normalized spacial score (nSPS) is 10.1. The minimum atomic E-state index is -0.292. The van der Waals surface area contributed by atoms with E-state index < -0.39 is 0 Å². The summed E-state index contributed by atoms with van der Waals surface area (Å²) < 4.78 is 0. The van der Waals surface area contributed by atoms with Crippen LogP contribution in [0.1, 0.15) is 25.0 Å². The third-order valence-corrected chi connectivity index (χ3v) is 3.38. The van der Waals surface area contributed by atoms with Crippen molar-refractivity contribution in [2.24, 2.45) is 0 Å². The van der Waals surface area contributed by atoms with Crippen LogP contribution in [0.3, 0.4) is 0 Å². The van der Waals surface area contributed by atoms with Gasteiger partial charge in [-0.1, -0.05) is 18.2 Å². The van der Waals surface area contributed by atoms with E-state index in [0.717, 1.165) is 16.8 Å². The zero-order chi connectivity index (χ0) is 15.3. The molecule has 0 heterocycles. The second-order valence-electron chi connectivity index (χ2n) is 4.75. The summed E-state index contributed by atoms with van der Waals surface area (Å²) in [6, 6.07) is 5.63. The lowest BCUT2D eigenvalue weighted by molar-refractivity contribution is 0.250. The van der Waals surface area contributed by atoms with E-state index in [-0.39, 0.29) is 12.0 Å². The Morgan fingerprint density at radius 2 is 1.70 bits per heavy atom. The molecule has 0 saturated carbocycles. The third kappa shape index (κ3) is 3.50. The largest absolute Gasteiger partial charge is 0.343 e. The van der Waals surface area contributed by atoms with Crippen molar-refractivity contribution in [1.29, 1.82) is 5.41 Å². The molecule has 0 aliphatic rings. The predicted octanol–water partition coefficient (Wildman–Crippen LogP) is 2.73. The number of aryl methyl sites for hydroxylation is 2. The second-order valence-corrected chi connectivity index (χ2v) is 4.75. The molecule has 1 rings (SSSR count). The van der Waals surface area contributed by atoms with E-state index in [2.05, 4.69) is 5.32 Å². The Hall–Kier alpha value is -2.04. The molecular formula is C15H24N4O. The molecule has 0 radical (unpaired) electrons. The fourth-order valence-electron chi connectivity index (χ4n) is 2.24. The number of rotatable bonds is 3. The average Bonchev–Trinajstić information content (AvgIpc) is 2.39. The Morgan fingerprint density at radius 1 is 1.20 bits per heavy atom. The van der Waals surface area contributed by atoms with Gasteiger partial charge in [0.05, 0.1) is 5.69 Å². The van der Waals surface area contributed by atoms with Crippen LogP contribution < -0.4 is 10.2 Å². The molecule has 1 aromatic rings. The van der Waals surface area contributed by atoms with Crippen molar-refractivity contribution in [3.8, 4) is 0 Å². The van der Waals surface area contributed by atoms with E-state index >= 15 is 0 Å². The molecule has 2 N–H and O–H groups in total. The average molecular weight is 276 g/mol. The molecule has 0 bridgehead atoms. The van der Waals surface area contributed by atoms with E-state index in [9.17, 15) is 4.79 Å². The van der Waals surface area contributed by atoms with Gasteiger partial charge in [-0.25, -0.2) is 4.79 Å². The van der Waals surface area contributed by atoms with Gasteiger partial charge in [0.2, 0.25) is 0 Å². The highest BCUT2D eigenvalue weighted by atomic mass is 16.2.